The van der Waals surface area contributed by atoms with Crippen LogP contribution < -0.4 is 10.6 Å². The van der Waals surface area contributed by atoms with Gasteiger partial charge in [0.15, 0.2) is 0 Å². The average Bonchev–Trinajstić information content (AvgIpc) is 2.74. The lowest BCUT2D eigenvalue weighted by Gasteiger charge is -2.14. The lowest BCUT2D eigenvalue weighted by molar-refractivity contribution is 0.0698. The zero-order valence-electron chi connectivity index (χ0n) is 10.2. The third-order valence-corrected chi connectivity index (χ3v) is 2.90. The van der Waals surface area contributed by atoms with Crippen LogP contribution in [0.4, 0.5) is 9.80 Å². The number of carbonyl (C=O) groups is 2. The van der Waals surface area contributed by atoms with E-state index in [2.05, 4.69) is 10.6 Å². The minimum atomic E-state index is -1.06. The molecule has 100 valence electrons. The normalized spacial score (nSPS) is 11.9. The Morgan fingerprint density at radius 2 is 2.28 bits per heavy atom. The minimum absolute atomic E-state index is 0.0904. The monoisotopic (exact) mass is 272 g/mol. The maximum atomic E-state index is 11.6. The molecule has 0 aliphatic carbocycles. The van der Waals surface area contributed by atoms with E-state index in [1.165, 1.54) is 17.4 Å². The predicted octanol–water partition coefficient (Wildman–Crippen LogP) is 1.99. The van der Waals surface area contributed by atoms with Gasteiger partial charge in [-0.1, -0.05) is 0 Å². The third kappa shape index (κ3) is 4.34. The van der Waals surface area contributed by atoms with Crippen molar-refractivity contribution >= 4 is 28.3 Å². The van der Waals surface area contributed by atoms with Gasteiger partial charge in [0.05, 0.1) is 18.2 Å². The van der Waals surface area contributed by atoms with Gasteiger partial charge < -0.3 is 15.2 Å². The Balaban J connectivity index is 2.49. The summed E-state index contributed by atoms with van der Waals surface area (Å²) >= 11 is 1.17. The molecular weight excluding hydrogens is 256 g/mol. The standard InChI is InChI=1S/C11H16N2O4S/c1-3-17-6-7(2)12-11(16)13-9-8(10(14)15)4-5-18-9/h4-5,7H,3,6H2,1-2H3,(H,14,15)(H2,12,13,16). The van der Waals surface area contributed by atoms with E-state index in [9.17, 15) is 9.59 Å². The lowest BCUT2D eigenvalue weighted by atomic mass is 10.3. The number of amides is 2. The van der Waals surface area contributed by atoms with Crippen LogP contribution >= 0.6 is 11.3 Å². The van der Waals surface area contributed by atoms with Crippen molar-refractivity contribution in [3.05, 3.63) is 17.0 Å². The highest BCUT2D eigenvalue weighted by atomic mass is 32.1. The Hall–Kier alpha value is -1.60. The SMILES string of the molecule is CCOCC(C)NC(=O)Nc1sccc1C(=O)O. The molecule has 2 amide bonds. The van der Waals surface area contributed by atoms with Gasteiger partial charge in [0.1, 0.15) is 5.00 Å². The molecular formula is C11H16N2O4S. The van der Waals surface area contributed by atoms with Crippen LogP contribution in [0.3, 0.4) is 0 Å². The summed E-state index contributed by atoms with van der Waals surface area (Å²) in [6, 6.07) is 0.872. The fourth-order valence-electron chi connectivity index (χ4n) is 1.27. The Morgan fingerprint density at radius 3 is 2.89 bits per heavy atom. The van der Waals surface area contributed by atoms with Gasteiger partial charge in [-0.3, -0.25) is 5.32 Å². The third-order valence-electron chi connectivity index (χ3n) is 2.07. The Labute approximate surface area is 109 Å². The summed E-state index contributed by atoms with van der Waals surface area (Å²) in [7, 11) is 0. The van der Waals surface area contributed by atoms with Crippen LogP contribution in [0.15, 0.2) is 11.4 Å². The molecule has 1 unspecified atom stereocenters. The van der Waals surface area contributed by atoms with Gasteiger partial charge in [-0.2, -0.15) is 0 Å². The van der Waals surface area contributed by atoms with Crippen molar-refractivity contribution in [2.75, 3.05) is 18.5 Å². The minimum Gasteiger partial charge on any atom is -0.478 e. The highest BCUT2D eigenvalue weighted by Crippen LogP contribution is 2.22. The smallest absolute Gasteiger partial charge is 0.338 e. The predicted molar refractivity (Wildman–Crippen MR) is 69.4 cm³/mol. The molecule has 0 spiro atoms. The maximum absolute atomic E-state index is 11.6. The summed E-state index contributed by atoms with van der Waals surface area (Å²) in [5.41, 5.74) is 0.0904. The summed E-state index contributed by atoms with van der Waals surface area (Å²) in [4.78, 5) is 22.4. The molecule has 1 rings (SSSR count). The number of anilines is 1. The lowest BCUT2D eigenvalue weighted by Crippen LogP contribution is -2.38. The van der Waals surface area contributed by atoms with E-state index in [0.29, 0.717) is 18.2 Å². The number of carbonyl (C=O) groups excluding carboxylic acids is 1. The summed E-state index contributed by atoms with van der Waals surface area (Å²) in [6.45, 7) is 4.68. The molecule has 7 heteroatoms. The Morgan fingerprint density at radius 1 is 1.56 bits per heavy atom. The summed E-state index contributed by atoms with van der Waals surface area (Å²) < 4.78 is 5.16. The molecule has 6 nitrogen and oxygen atoms in total. The quantitative estimate of drug-likeness (QED) is 0.739. The van der Waals surface area contributed by atoms with Crippen LogP contribution in [0.1, 0.15) is 24.2 Å². The second kappa shape index (κ2) is 6.97. The van der Waals surface area contributed by atoms with Crippen molar-refractivity contribution in [2.24, 2.45) is 0 Å². The van der Waals surface area contributed by atoms with Gasteiger partial charge in [-0.15, -0.1) is 11.3 Å². The van der Waals surface area contributed by atoms with Gasteiger partial charge in [-0.05, 0) is 25.3 Å². The number of thiophene rings is 1. The van der Waals surface area contributed by atoms with E-state index in [-0.39, 0.29) is 11.6 Å². The zero-order valence-corrected chi connectivity index (χ0v) is 11.0. The molecule has 0 aliphatic rings. The van der Waals surface area contributed by atoms with Crippen LogP contribution in [-0.4, -0.2) is 36.4 Å². The number of carboxylic acid groups (broad SMARTS) is 1. The first-order valence-corrected chi connectivity index (χ1v) is 6.38. The van der Waals surface area contributed by atoms with Gasteiger partial charge in [0.25, 0.3) is 0 Å². The van der Waals surface area contributed by atoms with Crippen LogP contribution in [0.25, 0.3) is 0 Å². The van der Waals surface area contributed by atoms with Crippen LogP contribution in [0, 0.1) is 0 Å². The number of aromatic carboxylic acids is 1. The van der Waals surface area contributed by atoms with E-state index < -0.39 is 12.0 Å². The molecule has 0 saturated heterocycles. The number of nitrogens with one attached hydrogen (secondary N) is 2. The summed E-state index contributed by atoms with van der Waals surface area (Å²) in [5, 5.41) is 16.0. The first kappa shape index (κ1) is 14.5. The maximum Gasteiger partial charge on any atom is 0.338 e. The van der Waals surface area contributed by atoms with Crippen LogP contribution in [-0.2, 0) is 4.74 Å². The van der Waals surface area contributed by atoms with Crippen LogP contribution in [0.5, 0.6) is 0 Å². The van der Waals surface area contributed by atoms with Crippen molar-refractivity contribution in [3.8, 4) is 0 Å². The first-order chi connectivity index (χ1) is 8.54. The molecule has 0 aliphatic heterocycles. The molecule has 1 aromatic rings. The van der Waals surface area contributed by atoms with Crippen molar-refractivity contribution in [2.45, 2.75) is 19.9 Å². The highest BCUT2D eigenvalue weighted by molar-refractivity contribution is 7.14. The van der Waals surface area contributed by atoms with E-state index >= 15 is 0 Å². The van der Waals surface area contributed by atoms with Gasteiger partial charge >= 0.3 is 12.0 Å². The zero-order chi connectivity index (χ0) is 13.5. The van der Waals surface area contributed by atoms with Crippen molar-refractivity contribution in [1.29, 1.82) is 0 Å². The van der Waals surface area contributed by atoms with Crippen molar-refractivity contribution in [3.63, 3.8) is 0 Å². The molecule has 1 atom stereocenters. The molecule has 0 fully saturated rings. The van der Waals surface area contributed by atoms with Gasteiger partial charge in [-0.25, -0.2) is 9.59 Å². The molecule has 1 heterocycles. The highest BCUT2D eigenvalue weighted by Gasteiger charge is 2.14. The van der Waals surface area contributed by atoms with Crippen LogP contribution in [0.2, 0.25) is 0 Å². The molecule has 0 aromatic carbocycles. The van der Waals surface area contributed by atoms with Crippen molar-refractivity contribution < 1.29 is 19.4 Å². The topological polar surface area (TPSA) is 87.7 Å². The Bertz CT molecular complexity index is 419. The molecule has 3 N–H and O–H groups in total. The molecule has 0 bridgehead atoms. The number of hydrogen-bond donors (Lipinski definition) is 3. The number of urea groups is 1. The fourth-order valence-corrected chi connectivity index (χ4v) is 2.05. The summed E-state index contributed by atoms with van der Waals surface area (Å²) in [6.07, 6.45) is 0. The average molecular weight is 272 g/mol. The molecule has 0 saturated carbocycles. The van der Waals surface area contributed by atoms with E-state index in [4.69, 9.17) is 9.84 Å². The largest absolute Gasteiger partial charge is 0.478 e. The van der Waals surface area contributed by atoms with Gasteiger partial charge in [0.2, 0.25) is 0 Å². The first-order valence-electron chi connectivity index (χ1n) is 5.50. The second-order valence-electron chi connectivity index (χ2n) is 3.63. The van der Waals surface area contributed by atoms with E-state index in [1.807, 2.05) is 13.8 Å². The fraction of sp³-hybridized carbons (Fsp3) is 0.455. The van der Waals surface area contributed by atoms with Crippen molar-refractivity contribution in [1.82, 2.24) is 5.32 Å². The Kier molecular flexibility index (Phi) is 5.60. The number of carboxylic acids is 1. The molecule has 18 heavy (non-hydrogen) atoms. The number of rotatable bonds is 6. The molecule has 0 radical (unpaired) electrons. The second-order valence-corrected chi connectivity index (χ2v) is 4.54. The number of hydrogen-bond acceptors (Lipinski definition) is 4. The summed E-state index contributed by atoms with van der Waals surface area (Å²) in [5.74, 6) is -1.06. The van der Waals surface area contributed by atoms with E-state index in [1.54, 1.807) is 5.38 Å². The van der Waals surface area contributed by atoms with Gasteiger partial charge in [0, 0.05) is 6.61 Å². The number of ether oxygens (including phenoxy) is 1. The molecule has 1 aromatic heterocycles. The van der Waals surface area contributed by atoms with E-state index in [0.717, 1.165) is 0 Å².